The third kappa shape index (κ3) is 3.02. The first-order chi connectivity index (χ1) is 4.72. The van der Waals surface area contributed by atoms with Gasteiger partial charge in [0.1, 0.15) is 0 Å². The summed E-state index contributed by atoms with van der Waals surface area (Å²) >= 11 is 0. The molecule has 0 atom stereocenters. The normalized spacial score (nSPS) is 10.3. The molecule has 0 unspecified atom stereocenters. The van der Waals surface area contributed by atoms with Crippen molar-refractivity contribution in [3.63, 3.8) is 0 Å². The van der Waals surface area contributed by atoms with Crippen LogP contribution in [0.5, 0.6) is 0 Å². The van der Waals surface area contributed by atoms with Crippen molar-refractivity contribution in [2.75, 3.05) is 0 Å². The van der Waals surface area contributed by atoms with Crippen molar-refractivity contribution in [1.29, 1.82) is 0 Å². The lowest BCUT2D eigenvalue weighted by Crippen LogP contribution is -2.17. The van der Waals surface area contributed by atoms with Crippen LogP contribution in [-0.2, 0) is 0 Å². The smallest absolute Gasteiger partial charge is 0.0479 e. The van der Waals surface area contributed by atoms with Gasteiger partial charge in [-0.2, -0.15) is 0 Å². The van der Waals surface area contributed by atoms with Crippen LogP contribution in [0.1, 0.15) is 13.8 Å². The molecule has 0 radical (unpaired) electrons. The minimum Gasteiger partial charge on any atom is -0.252 e. The molecule has 10 heavy (non-hydrogen) atoms. The van der Waals surface area contributed by atoms with Crippen LogP contribution in [-0.4, -0.2) is 11.1 Å². The highest BCUT2D eigenvalue weighted by atomic mass is 15.5. The quantitative estimate of drug-likeness (QED) is 0.434. The molecular formula is C7H13N3. The van der Waals surface area contributed by atoms with Crippen LogP contribution in [0.2, 0.25) is 0 Å². The zero-order chi connectivity index (χ0) is 7.98. The topological polar surface area (TPSA) is 28.0 Å². The van der Waals surface area contributed by atoms with Gasteiger partial charge in [-0.3, -0.25) is 5.01 Å². The van der Waals surface area contributed by atoms with Crippen LogP contribution in [0.15, 0.2) is 35.9 Å². The minimum atomic E-state index is 0.293. The first-order valence-electron chi connectivity index (χ1n) is 3.15. The molecule has 0 aliphatic heterocycles. The Balaban J connectivity index is 3.94. The summed E-state index contributed by atoms with van der Waals surface area (Å²) in [5.74, 6) is 0. The largest absolute Gasteiger partial charge is 0.252 e. The van der Waals surface area contributed by atoms with Gasteiger partial charge in [0.25, 0.3) is 0 Å². The summed E-state index contributed by atoms with van der Waals surface area (Å²) in [7, 11) is 0. The molecule has 56 valence electrons. The molecule has 0 saturated carbocycles. The van der Waals surface area contributed by atoms with Gasteiger partial charge >= 0.3 is 0 Å². The molecule has 0 fully saturated rings. The van der Waals surface area contributed by atoms with Gasteiger partial charge in [-0.25, -0.2) is 0 Å². The molecule has 0 rings (SSSR count). The predicted octanol–water partition coefficient (Wildman–Crippen LogP) is 2.35. The van der Waals surface area contributed by atoms with E-state index in [1.807, 2.05) is 13.8 Å². The first kappa shape index (κ1) is 8.88. The number of nitrogens with zero attached hydrogens (tertiary/aromatic N) is 3. The van der Waals surface area contributed by atoms with Crippen molar-refractivity contribution in [2.24, 2.45) is 10.3 Å². The molecule has 0 N–H and O–H groups in total. The highest BCUT2D eigenvalue weighted by Gasteiger charge is 1.98. The Morgan fingerprint density at radius 1 is 1.40 bits per heavy atom. The minimum absolute atomic E-state index is 0.293. The van der Waals surface area contributed by atoms with Gasteiger partial charge in [0.15, 0.2) is 0 Å². The molecule has 0 aliphatic carbocycles. The molecule has 0 bridgehead atoms. The fourth-order valence-electron chi connectivity index (χ4n) is 0.447. The summed E-state index contributed by atoms with van der Waals surface area (Å²) in [6.07, 6.45) is 3.01. The molecule has 0 saturated heterocycles. The van der Waals surface area contributed by atoms with E-state index in [2.05, 4.69) is 23.5 Å². The van der Waals surface area contributed by atoms with Crippen LogP contribution in [0.4, 0.5) is 0 Å². The summed E-state index contributed by atoms with van der Waals surface area (Å²) in [6.45, 7) is 11.0. The maximum absolute atomic E-state index is 3.78. The Kier molecular flexibility index (Phi) is 4.20. The fourth-order valence-corrected chi connectivity index (χ4v) is 0.447. The van der Waals surface area contributed by atoms with Gasteiger partial charge in [-0.15, -0.1) is 5.11 Å². The van der Waals surface area contributed by atoms with E-state index in [4.69, 9.17) is 0 Å². The van der Waals surface area contributed by atoms with E-state index in [-0.39, 0.29) is 0 Å². The standard InChI is InChI=1S/C7H13N3/c1-5-8-9-10(6-2)7(3)4/h5-7H,1-2H2,3-4H3/b9-8-. The highest BCUT2D eigenvalue weighted by Crippen LogP contribution is 1.98. The Morgan fingerprint density at radius 3 is 2.30 bits per heavy atom. The molecule has 3 heteroatoms. The van der Waals surface area contributed by atoms with Gasteiger partial charge in [0.2, 0.25) is 0 Å². The SMILES string of the molecule is C=C/N=N\N(C=C)C(C)C. The highest BCUT2D eigenvalue weighted by molar-refractivity contribution is 4.70. The second-order valence-corrected chi connectivity index (χ2v) is 2.04. The van der Waals surface area contributed by atoms with E-state index in [1.165, 1.54) is 6.20 Å². The van der Waals surface area contributed by atoms with E-state index in [9.17, 15) is 0 Å². The van der Waals surface area contributed by atoms with Crippen LogP contribution in [0.3, 0.4) is 0 Å². The lowest BCUT2D eigenvalue weighted by molar-refractivity contribution is 0.308. The van der Waals surface area contributed by atoms with Gasteiger partial charge in [0.05, 0.1) is 0 Å². The Labute approximate surface area is 61.7 Å². The van der Waals surface area contributed by atoms with Crippen molar-refractivity contribution < 1.29 is 0 Å². The molecule has 0 aromatic heterocycles. The second kappa shape index (κ2) is 4.73. The van der Waals surface area contributed by atoms with Crippen LogP contribution < -0.4 is 0 Å². The first-order valence-corrected chi connectivity index (χ1v) is 3.15. The van der Waals surface area contributed by atoms with Crippen molar-refractivity contribution in [2.45, 2.75) is 19.9 Å². The van der Waals surface area contributed by atoms with Gasteiger partial charge in [-0.1, -0.05) is 18.4 Å². The Bertz CT molecular complexity index is 138. The third-order valence-electron chi connectivity index (χ3n) is 0.953. The molecule has 0 spiro atoms. The molecular weight excluding hydrogens is 126 g/mol. The fraction of sp³-hybridized carbons (Fsp3) is 0.429. The van der Waals surface area contributed by atoms with E-state index >= 15 is 0 Å². The average molecular weight is 139 g/mol. The summed E-state index contributed by atoms with van der Waals surface area (Å²) in [4.78, 5) is 0. The molecule has 3 nitrogen and oxygen atoms in total. The Morgan fingerprint density at radius 2 is 2.00 bits per heavy atom. The molecule has 0 amide bonds. The third-order valence-corrected chi connectivity index (χ3v) is 0.953. The van der Waals surface area contributed by atoms with E-state index in [0.717, 1.165) is 0 Å². The lowest BCUT2D eigenvalue weighted by Gasteiger charge is -2.15. The second-order valence-electron chi connectivity index (χ2n) is 2.04. The summed E-state index contributed by atoms with van der Waals surface area (Å²) < 4.78 is 0. The molecule has 0 aliphatic rings. The van der Waals surface area contributed by atoms with Crippen LogP contribution in [0, 0.1) is 0 Å². The number of hydrogen-bond acceptors (Lipinski definition) is 2. The zero-order valence-corrected chi connectivity index (χ0v) is 6.49. The zero-order valence-electron chi connectivity index (χ0n) is 6.49. The van der Waals surface area contributed by atoms with Gasteiger partial charge < -0.3 is 0 Å². The maximum Gasteiger partial charge on any atom is 0.0479 e. The summed E-state index contributed by atoms with van der Waals surface area (Å²) in [5.41, 5.74) is 0. The Hall–Kier alpha value is -1.12. The molecule has 0 aromatic carbocycles. The van der Waals surface area contributed by atoms with Crippen LogP contribution >= 0.6 is 0 Å². The average Bonchev–Trinajstić information content (AvgIpc) is 1.89. The van der Waals surface area contributed by atoms with Crippen LogP contribution in [0.25, 0.3) is 0 Å². The van der Waals surface area contributed by atoms with E-state index in [1.54, 1.807) is 11.2 Å². The van der Waals surface area contributed by atoms with Gasteiger partial charge in [-0.05, 0) is 13.8 Å². The van der Waals surface area contributed by atoms with E-state index < -0.39 is 0 Å². The number of rotatable bonds is 4. The lowest BCUT2D eigenvalue weighted by atomic mass is 10.4. The predicted molar refractivity (Wildman–Crippen MR) is 42.2 cm³/mol. The molecule has 0 heterocycles. The molecule has 0 aromatic rings. The monoisotopic (exact) mass is 139 g/mol. The van der Waals surface area contributed by atoms with Crippen molar-refractivity contribution in [1.82, 2.24) is 5.01 Å². The van der Waals surface area contributed by atoms with Crippen molar-refractivity contribution in [3.05, 3.63) is 25.6 Å². The van der Waals surface area contributed by atoms with E-state index in [0.29, 0.717) is 6.04 Å². The summed E-state index contributed by atoms with van der Waals surface area (Å²) in [5, 5.41) is 9.04. The maximum atomic E-state index is 3.78. The van der Waals surface area contributed by atoms with Crippen molar-refractivity contribution in [3.8, 4) is 0 Å². The van der Waals surface area contributed by atoms with Crippen molar-refractivity contribution >= 4 is 0 Å². The summed E-state index contributed by atoms with van der Waals surface area (Å²) in [6, 6.07) is 0.293. The number of hydrogen-bond donors (Lipinski definition) is 0. The van der Waals surface area contributed by atoms with Gasteiger partial charge in [0, 0.05) is 18.4 Å².